The average Bonchev–Trinajstić information content (AvgIpc) is 2.48. The van der Waals surface area contributed by atoms with Crippen LogP contribution in [0.1, 0.15) is 28.8 Å². The van der Waals surface area contributed by atoms with Gasteiger partial charge in [0.25, 0.3) is 5.91 Å². The standard InChI is InChI=1S/C15H18ClNO4/c1-10-3-2-4-11(12(10)16)13(18)17-9-15(14(19)20)5-7-21-8-6-15/h2-4H,5-9H2,1H3,(H,17,18)(H,19,20). The van der Waals surface area contributed by atoms with Crippen LogP contribution in [0.2, 0.25) is 5.02 Å². The number of aliphatic carboxylic acids is 1. The molecule has 0 radical (unpaired) electrons. The van der Waals surface area contributed by atoms with Gasteiger partial charge in [-0.2, -0.15) is 0 Å². The van der Waals surface area contributed by atoms with E-state index in [1.807, 2.05) is 13.0 Å². The molecule has 1 aliphatic rings. The lowest BCUT2D eigenvalue weighted by atomic mass is 9.80. The number of amides is 1. The number of hydrogen-bond acceptors (Lipinski definition) is 3. The van der Waals surface area contributed by atoms with E-state index >= 15 is 0 Å². The minimum absolute atomic E-state index is 0.0782. The number of ether oxygens (including phenoxy) is 1. The summed E-state index contributed by atoms with van der Waals surface area (Å²) in [5.74, 6) is -1.25. The van der Waals surface area contributed by atoms with Crippen molar-refractivity contribution in [2.24, 2.45) is 5.41 Å². The van der Waals surface area contributed by atoms with Crippen molar-refractivity contribution in [2.45, 2.75) is 19.8 Å². The van der Waals surface area contributed by atoms with E-state index < -0.39 is 11.4 Å². The molecule has 0 saturated carbocycles. The van der Waals surface area contributed by atoms with Gasteiger partial charge >= 0.3 is 5.97 Å². The molecule has 6 heteroatoms. The van der Waals surface area contributed by atoms with E-state index in [1.54, 1.807) is 12.1 Å². The molecular formula is C15H18ClNO4. The third-order valence-corrected chi connectivity index (χ3v) is 4.43. The number of halogens is 1. The monoisotopic (exact) mass is 311 g/mol. The van der Waals surface area contributed by atoms with E-state index in [0.717, 1.165) is 5.56 Å². The van der Waals surface area contributed by atoms with Gasteiger partial charge in [-0.15, -0.1) is 0 Å². The third-order valence-electron chi connectivity index (χ3n) is 3.93. The van der Waals surface area contributed by atoms with Gasteiger partial charge in [-0.05, 0) is 31.4 Å². The van der Waals surface area contributed by atoms with E-state index in [1.165, 1.54) is 0 Å². The number of aryl methyl sites for hydroxylation is 1. The number of carbonyl (C=O) groups is 2. The van der Waals surface area contributed by atoms with E-state index in [-0.39, 0.29) is 12.5 Å². The fourth-order valence-corrected chi connectivity index (χ4v) is 2.61. The highest BCUT2D eigenvalue weighted by Gasteiger charge is 2.40. The first-order valence-corrected chi connectivity index (χ1v) is 7.18. The van der Waals surface area contributed by atoms with E-state index in [9.17, 15) is 14.7 Å². The van der Waals surface area contributed by atoms with E-state index in [2.05, 4.69) is 5.32 Å². The fraction of sp³-hybridized carbons (Fsp3) is 0.467. The van der Waals surface area contributed by atoms with Crippen LogP contribution in [-0.2, 0) is 9.53 Å². The summed E-state index contributed by atoms with van der Waals surface area (Å²) in [5, 5.41) is 12.5. The normalized spacial score (nSPS) is 17.2. The summed E-state index contributed by atoms with van der Waals surface area (Å²) in [6, 6.07) is 5.19. The van der Waals surface area contributed by atoms with Gasteiger partial charge in [-0.3, -0.25) is 9.59 Å². The van der Waals surface area contributed by atoms with Crippen LogP contribution in [0.15, 0.2) is 18.2 Å². The number of hydrogen-bond donors (Lipinski definition) is 2. The minimum Gasteiger partial charge on any atom is -0.481 e. The lowest BCUT2D eigenvalue weighted by Gasteiger charge is -2.33. The molecule has 0 aromatic heterocycles. The Morgan fingerprint density at radius 2 is 2.05 bits per heavy atom. The number of carboxylic acid groups (broad SMARTS) is 1. The molecule has 0 atom stereocenters. The van der Waals surface area contributed by atoms with Gasteiger partial charge in [-0.25, -0.2) is 0 Å². The van der Waals surface area contributed by atoms with Crippen LogP contribution in [-0.4, -0.2) is 36.7 Å². The van der Waals surface area contributed by atoms with Crippen molar-refractivity contribution < 1.29 is 19.4 Å². The van der Waals surface area contributed by atoms with Crippen LogP contribution in [0.4, 0.5) is 0 Å². The van der Waals surface area contributed by atoms with Crippen LogP contribution in [0.5, 0.6) is 0 Å². The second-order valence-corrected chi connectivity index (χ2v) is 5.69. The van der Waals surface area contributed by atoms with Crippen molar-refractivity contribution in [1.82, 2.24) is 5.32 Å². The molecule has 2 N–H and O–H groups in total. The maximum absolute atomic E-state index is 12.2. The Hall–Kier alpha value is -1.59. The summed E-state index contributed by atoms with van der Waals surface area (Å²) >= 11 is 6.11. The molecule has 0 spiro atoms. The smallest absolute Gasteiger partial charge is 0.311 e. The largest absolute Gasteiger partial charge is 0.481 e. The first-order valence-electron chi connectivity index (χ1n) is 6.81. The van der Waals surface area contributed by atoms with Crippen molar-refractivity contribution in [3.8, 4) is 0 Å². The number of carboxylic acids is 1. The molecule has 1 fully saturated rings. The maximum Gasteiger partial charge on any atom is 0.311 e. The van der Waals surface area contributed by atoms with E-state index in [0.29, 0.717) is 36.6 Å². The van der Waals surface area contributed by atoms with Gasteiger partial charge in [0, 0.05) is 19.8 Å². The molecule has 21 heavy (non-hydrogen) atoms. The van der Waals surface area contributed by atoms with Gasteiger partial charge in [0.05, 0.1) is 16.0 Å². The summed E-state index contributed by atoms with van der Waals surface area (Å²) in [6.45, 7) is 2.69. The zero-order valence-electron chi connectivity index (χ0n) is 11.8. The van der Waals surface area contributed by atoms with Gasteiger partial charge < -0.3 is 15.2 Å². The van der Waals surface area contributed by atoms with Crippen molar-refractivity contribution in [3.05, 3.63) is 34.3 Å². The van der Waals surface area contributed by atoms with Crippen molar-refractivity contribution in [2.75, 3.05) is 19.8 Å². The Morgan fingerprint density at radius 1 is 1.38 bits per heavy atom. The van der Waals surface area contributed by atoms with Crippen LogP contribution in [0, 0.1) is 12.3 Å². The molecule has 0 aliphatic carbocycles. The highest BCUT2D eigenvalue weighted by Crippen LogP contribution is 2.30. The number of carbonyl (C=O) groups excluding carboxylic acids is 1. The van der Waals surface area contributed by atoms with Crippen LogP contribution in [0.3, 0.4) is 0 Å². The molecule has 1 aromatic rings. The molecule has 1 amide bonds. The Morgan fingerprint density at radius 3 is 2.67 bits per heavy atom. The molecule has 1 heterocycles. The van der Waals surface area contributed by atoms with Crippen molar-refractivity contribution in [3.63, 3.8) is 0 Å². The summed E-state index contributed by atoms with van der Waals surface area (Å²) in [4.78, 5) is 23.7. The number of rotatable bonds is 4. The topological polar surface area (TPSA) is 75.6 Å². The molecule has 5 nitrogen and oxygen atoms in total. The maximum atomic E-state index is 12.2. The second-order valence-electron chi connectivity index (χ2n) is 5.32. The molecule has 0 bridgehead atoms. The lowest BCUT2D eigenvalue weighted by molar-refractivity contribution is -0.154. The van der Waals surface area contributed by atoms with Gasteiger partial charge in [0.2, 0.25) is 0 Å². The van der Waals surface area contributed by atoms with Crippen LogP contribution >= 0.6 is 11.6 Å². The number of nitrogens with one attached hydrogen (secondary N) is 1. The summed E-state index contributed by atoms with van der Waals surface area (Å²) in [6.07, 6.45) is 0.786. The Kier molecular flexibility index (Phi) is 4.85. The minimum atomic E-state index is -0.954. The highest BCUT2D eigenvalue weighted by atomic mass is 35.5. The molecule has 0 unspecified atom stereocenters. The molecule has 1 saturated heterocycles. The first kappa shape index (κ1) is 15.8. The predicted molar refractivity (Wildman–Crippen MR) is 78.6 cm³/mol. The Balaban J connectivity index is 2.09. The Bertz CT molecular complexity index is 553. The quantitative estimate of drug-likeness (QED) is 0.894. The number of benzene rings is 1. The third kappa shape index (κ3) is 3.36. The molecule has 1 aliphatic heterocycles. The summed E-state index contributed by atoms with van der Waals surface area (Å²) in [5.41, 5.74) is 0.220. The van der Waals surface area contributed by atoms with Gasteiger partial charge in [-0.1, -0.05) is 23.7 Å². The van der Waals surface area contributed by atoms with Gasteiger partial charge in [0.15, 0.2) is 0 Å². The zero-order valence-corrected chi connectivity index (χ0v) is 12.6. The zero-order chi connectivity index (χ0) is 15.5. The lowest BCUT2D eigenvalue weighted by Crippen LogP contribution is -2.46. The molecule has 1 aromatic carbocycles. The summed E-state index contributed by atoms with van der Waals surface area (Å²) < 4.78 is 5.20. The van der Waals surface area contributed by atoms with Crippen LogP contribution < -0.4 is 5.32 Å². The average molecular weight is 312 g/mol. The van der Waals surface area contributed by atoms with Crippen LogP contribution in [0.25, 0.3) is 0 Å². The van der Waals surface area contributed by atoms with Crippen molar-refractivity contribution >= 4 is 23.5 Å². The van der Waals surface area contributed by atoms with Crippen molar-refractivity contribution in [1.29, 1.82) is 0 Å². The first-order chi connectivity index (χ1) is 9.96. The molecular weight excluding hydrogens is 294 g/mol. The predicted octanol–water partition coefficient (Wildman–Crippen LogP) is 2.26. The molecule has 2 rings (SSSR count). The fourth-order valence-electron chi connectivity index (χ4n) is 2.40. The summed E-state index contributed by atoms with van der Waals surface area (Å²) in [7, 11) is 0. The molecule has 114 valence electrons. The highest BCUT2D eigenvalue weighted by molar-refractivity contribution is 6.34. The SMILES string of the molecule is Cc1cccc(C(=O)NCC2(C(=O)O)CCOCC2)c1Cl. The second kappa shape index (κ2) is 6.45. The Labute approximate surface area is 128 Å². The van der Waals surface area contributed by atoms with E-state index in [4.69, 9.17) is 16.3 Å². The van der Waals surface area contributed by atoms with Gasteiger partial charge in [0.1, 0.15) is 0 Å².